The van der Waals surface area contributed by atoms with Crippen LogP contribution in [0.15, 0.2) is 35.3 Å². The first-order valence-electron chi connectivity index (χ1n) is 5.49. The first kappa shape index (κ1) is 10.6. The molecule has 1 aromatic carbocycles. The average molecular weight is 242 g/mol. The molecule has 0 bridgehead atoms. The molecule has 0 saturated heterocycles. The van der Waals surface area contributed by atoms with E-state index in [1.165, 1.54) is 0 Å². The van der Waals surface area contributed by atoms with Gasteiger partial charge in [0, 0.05) is 22.5 Å². The summed E-state index contributed by atoms with van der Waals surface area (Å²) in [5, 5.41) is 10.4. The Hall–Kier alpha value is -2.56. The molecule has 0 spiro atoms. The predicted molar refractivity (Wildman–Crippen MR) is 67.8 cm³/mol. The van der Waals surface area contributed by atoms with Crippen molar-refractivity contribution in [2.24, 2.45) is 0 Å². The Balaban J connectivity index is 2.47. The second-order valence-corrected chi connectivity index (χ2v) is 4.13. The molecule has 0 fully saturated rings. The van der Waals surface area contributed by atoms with E-state index < -0.39 is 5.97 Å². The molecule has 0 saturated carbocycles. The van der Waals surface area contributed by atoms with E-state index in [9.17, 15) is 9.59 Å². The molecule has 2 aromatic heterocycles. The highest BCUT2D eigenvalue weighted by atomic mass is 16.4. The molecule has 5 nitrogen and oxygen atoms in total. The summed E-state index contributed by atoms with van der Waals surface area (Å²) in [6, 6.07) is 7.35. The van der Waals surface area contributed by atoms with Crippen molar-refractivity contribution in [3.63, 3.8) is 0 Å². The quantitative estimate of drug-likeness (QED) is 0.638. The van der Waals surface area contributed by atoms with Crippen molar-refractivity contribution in [1.29, 1.82) is 0 Å². The lowest BCUT2D eigenvalue weighted by Gasteiger charge is -2.01. The van der Waals surface area contributed by atoms with Gasteiger partial charge in [0.2, 0.25) is 0 Å². The van der Waals surface area contributed by atoms with Crippen molar-refractivity contribution in [2.45, 2.75) is 6.42 Å². The van der Waals surface area contributed by atoms with Crippen molar-refractivity contribution >= 4 is 27.8 Å². The average Bonchev–Trinajstić information content (AvgIpc) is 2.73. The number of carbonyl (C=O) groups is 1. The third-order valence-corrected chi connectivity index (χ3v) is 2.98. The fourth-order valence-electron chi connectivity index (χ4n) is 2.25. The molecular formula is C13H10N2O3. The normalized spacial score (nSPS) is 11.1. The number of nitrogens with one attached hydrogen (secondary N) is 2. The Bertz CT molecular complexity index is 814. The Morgan fingerprint density at radius 3 is 2.83 bits per heavy atom. The molecule has 3 rings (SSSR count). The first-order valence-corrected chi connectivity index (χ1v) is 5.49. The smallest absolute Gasteiger partial charge is 0.307 e. The molecule has 0 aliphatic rings. The van der Waals surface area contributed by atoms with Crippen molar-refractivity contribution in [3.8, 4) is 0 Å². The van der Waals surface area contributed by atoms with Crippen LogP contribution < -0.4 is 5.56 Å². The molecule has 90 valence electrons. The summed E-state index contributed by atoms with van der Waals surface area (Å²) in [6.07, 6.45) is 1.48. The number of fused-ring (bicyclic) bond motifs is 3. The number of benzene rings is 1. The number of aliphatic carboxylic acids is 1. The zero-order valence-corrected chi connectivity index (χ0v) is 9.36. The van der Waals surface area contributed by atoms with Gasteiger partial charge in [-0.15, -0.1) is 0 Å². The molecule has 2 heterocycles. The molecule has 5 heteroatoms. The van der Waals surface area contributed by atoms with Gasteiger partial charge in [-0.1, -0.05) is 18.2 Å². The molecule has 18 heavy (non-hydrogen) atoms. The van der Waals surface area contributed by atoms with Crippen LogP contribution in [0.4, 0.5) is 0 Å². The highest BCUT2D eigenvalue weighted by Crippen LogP contribution is 2.24. The number of H-pyrrole nitrogens is 2. The van der Waals surface area contributed by atoms with E-state index in [0.29, 0.717) is 22.0 Å². The van der Waals surface area contributed by atoms with Crippen LogP contribution in [0, 0.1) is 0 Å². The Labute approximate surface area is 101 Å². The molecule has 0 aliphatic carbocycles. The Kier molecular flexibility index (Phi) is 2.19. The highest BCUT2D eigenvalue weighted by molar-refractivity contribution is 6.06. The fraction of sp³-hybridized carbons (Fsp3) is 0.0769. The third-order valence-electron chi connectivity index (χ3n) is 2.98. The number of aromatic amines is 2. The summed E-state index contributed by atoms with van der Waals surface area (Å²) in [4.78, 5) is 28.3. The lowest BCUT2D eigenvalue weighted by molar-refractivity contribution is -0.136. The number of carboxylic acid groups (broad SMARTS) is 1. The van der Waals surface area contributed by atoms with Gasteiger partial charge in [0.15, 0.2) is 0 Å². The Morgan fingerprint density at radius 1 is 1.28 bits per heavy atom. The number of para-hydroxylation sites is 1. The molecular weight excluding hydrogens is 232 g/mol. The van der Waals surface area contributed by atoms with E-state index >= 15 is 0 Å². The van der Waals surface area contributed by atoms with E-state index in [2.05, 4.69) is 9.97 Å². The number of hydrogen-bond donors (Lipinski definition) is 3. The van der Waals surface area contributed by atoms with Crippen LogP contribution in [0.3, 0.4) is 0 Å². The molecule has 0 atom stereocenters. The van der Waals surface area contributed by atoms with Crippen molar-refractivity contribution in [2.75, 3.05) is 0 Å². The summed E-state index contributed by atoms with van der Waals surface area (Å²) in [5.41, 5.74) is 1.52. The summed E-state index contributed by atoms with van der Waals surface area (Å²) in [7, 11) is 0. The monoisotopic (exact) mass is 242 g/mol. The standard InChI is InChI=1S/C13H10N2O3/c16-10(17)5-7-6-14-12-11(7)8-3-1-2-4-9(8)15-13(12)18/h1-4,6,14H,5H2,(H,15,18)(H,16,17). The van der Waals surface area contributed by atoms with Gasteiger partial charge in [-0.3, -0.25) is 9.59 Å². The minimum absolute atomic E-state index is 0.104. The largest absolute Gasteiger partial charge is 0.481 e. The van der Waals surface area contributed by atoms with Gasteiger partial charge in [0.05, 0.1) is 6.42 Å². The zero-order valence-electron chi connectivity index (χ0n) is 9.36. The van der Waals surface area contributed by atoms with Gasteiger partial charge in [0.1, 0.15) is 5.52 Å². The lowest BCUT2D eigenvalue weighted by Crippen LogP contribution is -2.06. The lowest BCUT2D eigenvalue weighted by atomic mass is 10.1. The summed E-state index contributed by atoms with van der Waals surface area (Å²) < 4.78 is 0. The molecule has 0 amide bonds. The molecule has 3 aromatic rings. The van der Waals surface area contributed by atoms with E-state index in [4.69, 9.17) is 5.11 Å². The summed E-state index contributed by atoms with van der Waals surface area (Å²) in [5.74, 6) is -0.916. The van der Waals surface area contributed by atoms with Gasteiger partial charge in [-0.2, -0.15) is 0 Å². The van der Waals surface area contributed by atoms with E-state index in [0.717, 1.165) is 5.39 Å². The molecule has 0 aliphatic heterocycles. The van der Waals surface area contributed by atoms with Crippen LogP contribution in [-0.4, -0.2) is 21.0 Å². The van der Waals surface area contributed by atoms with Crippen LogP contribution in [0.25, 0.3) is 21.8 Å². The fourth-order valence-corrected chi connectivity index (χ4v) is 2.25. The second-order valence-electron chi connectivity index (χ2n) is 4.13. The minimum Gasteiger partial charge on any atom is -0.481 e. The van der Waals surface area contributed by atoms with Crippen molar-refractivity contribution in [3.05, 3.63) is 46.4 Å². The van der Waals surface area contributed by atoms with Crippen LogP contribution in [0.2, 0.25) is 0 Å². The van der Waals surface area contributed by atoms with Gasteiger partial charge in [-0.25, -0.2) is 0 Å². The number of hydrogen-bond acceptors (Lipinski definition) is 2. The van der Waals surface area contributed by atoms with Crippen LogP contribution in [-0.2, 0) is 11.2 Å². The first-order chi connectivity index (χ1) is 8.66. The second kappa shape index (κ2) is 3.73. The molecule has 0 unspecified atom stereocenters. The SMILES string of the molecule is O=C(O)Cc1c[nH]c2c(=O)[nH]c3ccccc3c12. The zero-order chi connectivity index (χ0) is 12.7. The van der Waals surface area contributed by atoms with E-state index in [-0.39, 0.29) is 12.0 Å². The Morgan fingerprint density at radius 2 is 2.06 bits per heavy atom. The number of pyridine rings is 1. The molecule has 0 radical (unpaired) electrons. The highest BCUT2D eigenvalue weighted by Gasteiger charge is 2.13. The van der Waals surface area contributed by atoms with Gasteiger partial charge in [0.25, 0.3) is 5.56 Å². The van der Waals surface area contributed by atoms with Gasteiger partial charge >= 0.3 is 5.97 Å². The third kappa shape index (κ3) is 1.48. The number of rotatable bonds is 2. The van der Waals surface area contributed by atoms with Gasteiger partial charge < -0.3 is 15.1 Å². The minimum atomic E-state index is -0.916. The maximum Gasteiger partial charge on any atom is 0.307 e. The van der Waals surface area contributed by atoms with Crippen molar-refractivity contribution < 1.29 is 9.90 Å². The van der Waals surface area contributed by atoms with E-state index in [1.54, 1.807) is 12.3 Å². The number of carboxylic acids is 1. The van der Waals surface area contributed by atoms with Crippen LogP contribution in [0.1, 0.15) is 5.56 Å². The summed E-state index contributed by atoms with van der Waals surface area (Å²) >= 11 is 0. The van der Waals surface area contributed by atoms with Crippen LogP contribution in [0.5, 0.6) is 0 Å². The van der Waals surface area contributed by atoms with Crippen LogP contribution >= 0.6 is 0 Å². The maximum absolute atomic E-state index is 11.9. The van der Waals surface area contributed by atoms with Gasteiger partial charge in [-0.05, 0) is 11.6 Å². The predicted octanol–water partition coefficient (Wildman–Crippen LogP) is 1.64. The number of aromatic nitrogens is 2. The molecule has 3 N–H and O–H groups in total. The van der Waals surface area contributed by atoms with Crippen molar-refractivity contribution in [1.82, 2.24) is 9.97 Å². The maximum atomic E-state index is 11.9. The van der Waals surface area contributed by atoms with E-state index in [1.807, 2.05) is 18.2 Å². The topological polar surface area (TPSA) is 85.9 Å². The summed E-state index contributed by atoms with van der Waals surface area (Å²) in [6.45, 7) is 0.